The van der Waals surface area contributed by atoms with Crippen molar-refractivity contribution in [3.05, 3.63) is 0 Å². The Balaban J connectivity index is 3.41. The van der Waals surface area contributed by atoms with Crippen LogP contribution < -0.4 is 5.32 Å². The van der Waals surface area contributed by atoms with Gasteiger partial charge >= 0.3 is 0 Å². The fourth-order valence-corrected chi connectivity index (χ4v) is 1.53. The van der Waals surface area contributed by atoms with E-state index >= 15 is 0 Å². The molecule has 0 aliphatic heterocycles. The largest absolute Gasteiger partial charge is 0.317 e. The molecule has 0 aliphatic rings. The van der Waals surface area contributed by atoms with Crippen LogP contribution in [0, 0.1) is 11.8 Å². The van der Waals surface area contributed by atoms with Gasteiger partial charge in [0.15, 0.2) is 0 Å². The molecular formula is C12H27N. The van der Waals surface area contributed by atoms with E-state index in [4.69, 9.17) is 0 Å². The first-order valence-electron chi connectivity index (χ1n) is 5.79. The van der Waals surface area contributed by atoms with Crippen LogP contribution in [-0.2, 0) is 0 Å². The third-order valence-electron chi connectivity index (χ3n) is 3.36. The number of nitrogens with one attached hydrogen (secondary N) is 1. The van der Waals surface area contributed by atoms with E-state index in [-0.39, 0.29) is 0 Å². The Morgan fingerprint density at radius 2 is 1.69 bits per heavy atom. The third kappa shape index (κ3) is 6.09. The highest BCUT2D eigenvalue weighted by Crippen LogP contribution is 2.16. The normalized spacial score (nSPS) is 18.2. The van der Waals surface area contributed by atoms with Crippen molar-refractivity contribution >= 4 is 0 Å². The standard InChI is InChI=1S/C12H27N/c1-6-10(2)8-7-9-11(3)12(4)13-5/h10-13H,6-9H2,1-5H3. The molecule has 0 fully saturated rings. The fourth-order valence-electron chi connectivity index (χ4n) is 1.53. The maximum atomic E-state index is 3.32. The van der Waals surface area contributed by atoms with Gasteiger partial charge in [-0.15, -0.1) is 0 Å². The Bertz CT molecular complexity index is 112. The predicted octanol–water partition coefficient (Wildman–Crippen LogP) is 3.45. The Labute approximate surface area is 84.3 Å². The highest BCUT2D eigenvalue weighted by molar-refractivity contribution is 4.66. The van der Waals surface area contributed by atoms with E-state index in [1.165, 1.54) is 25.7 Å². The number of rotatable bonds is 7. The molecule has 1 nitrogen and oxygen atoms in total. The van der Waals surface area contributed by atoms with Gasteiger partial charge in [0.2, 0.25) is 0 Å². The van der Waals surface area contributed by atoms with Crippen molar-refractivity contribution < 1.29 is 0 Å². The summed E-state index contributed by atoms with van der Waals surface area (Å²) in [4.78, 5) is 0. The molecule has 0 aromatic heterocycles. The second-order valence-electron chi connectivity index (χ2n) is 4.50. The van der Waals surface area contributed by atoms with Gasteiger partial charge in [0.25, 0.3) is 0 Å². The van der Waals surface area contributed by atoms with Crippen LogP contribution in [0.4, 0.5) is 0 Å². The Morgan fingerprint density at radius 3 is 2.15 bits per heavy atom. The second-order valence-corrected chi connectivity index (χ2v) is 4.50. The molecule has 0 amide bonds. The van der Waals surface area contributed by atoms with E-state index in [2.05, 4.69) is 40.1 Å². The minimum Gasteiger partial charge on any atom is -0.317 e. The van der Waals surface area contributed by atoms with Gasteiger partial charge in [-0.1, -0.05) is 40.0 Å². The van der Waals surface area contributed by atoms with Crippen LogP contribution >= 0.6 is 0 Å². The molecule has 0 aliphatic carbocycles. The van der Waals surface area contributed by atoms with Crippen molar-refractivity contribution in [1.82, 2.24) is 5.32 Å². The van der Waals surface area contributed by atoms with Crippen LogP contribution in [0.15, 0.2) is 0 Å². The summed E-state index contributed by atoms with van der Waals surface area (Å²) in [5.74, 6) is 1.73. The highest BCUT2D eigenvalue weighted by atomic mass is 14.9. The molecule has 0 bridgehead atoms. The lowest BCUT2D eigenvalue weighted by atomic mass is 9.93. The molecule has 13 heavy (non-hydrogen) atoms. The molecule has 0 saturated carbocycles. The van der Waals surface area contributed by atoms with Crippen LogP contribution in [-0.4, -0.2) is 13.1 Å². The van der Waals surface area contributed by atoms with Crippen molar-refractivity contribution in [3.63, 3.8) is 0 Å². The molecule has 0 saturated heterocycles. The van der Waals surface area contributed by atoms with E-state index in [0.29, 0.717) is 6.04 Å². The molecule has 0 aromatic rings. The van der Waals surface area contributed by atoms with Gasteiger partial charge in [0.05, 0.1) is 0 Å². The first-order valence-corrected chi connectivity index (χ1v) is 5.79. The lowest BCUT2D eigenvalue weighted by molar-refractivity contribution is 0.368. The quantitative estimate of drug-likeness (QED) is 0.640. The third-order valence-corrected chi connectivity index (χ3v) is 3.36. The predicted molar refractivity (Wildman–Crippen MR) is 61.0 cm³/mol. The first kappa shape index (κ1) is 13.0. The van der Waals surface area contributed by atoms with Crippen LogP contribution in [0.3, 0.4) is 0 Å². The molecule has 1 heteroatoms. The summed E-state index contributed by atoms with van der Waals surface area (Å²) in [5.41, 5.74) is 0. The summed E-state index contributed by atoms with van der Waals surface area (Å²) in [6, 6.07) is 0.664. The summed E-state index contributed by atoms with van der Waals surface area (Å²) in [6.07, 6.45) is 5.49. The van der Waals surface area contributed by atoms with Gasteiger partial charge in [-0.05, 0) is 32.2 Å². The summed E-state index contributed by atoms with van der Waals surface area (Å²) >= 11 is 0. The summed E-state index contributed by atoms with van der Waals surface area (Å²) in [7, 11) is 2.05. The monoisotopic (exact) mass is 185 g/mol. The zero-order valence-electron chi connectivity index (χ0n) is 10.1. The molecule has 3 unspecified atom stereocenters. The van der Waals surface area contributed by atoms with Crippen molar-refractivity contribution in [3.8, 4) is 0 Å². The summed E-state index contributed by atoms with van der Waals surface area (Å²) in [6.45, 7) is 9.25. The molecular weight excluding hydrogens is 158 g/mol. The molecule has 0 spiro atoms. The van der Waals surface area contributed by atoms with Crippen molar-refractivity contribution in [2.45, 2.75) is 59.4 Å². The van der Waals surface area contributed by atoms with Crippen LogP contribution in [0.25, 0.3) is 0 Å². The zero-order valence-corrected chi connectivity index (χ0v) is 10.1. The summed E-state index contributed by atoms with van der Waals surface area (Å²) in [5, 5.41) is 3.32. The molecule has 3 atom stereocenters. The van der Waals surface area contributed by atoms with Gasteiger partial charge in [-0.3, -0.25) is 0 Å². The Kier molecular flexibility index (Phi) is 7.35. The van der Waals surface area contributed by atoms with Crippen LogP contribution in [0.2, 0.25) is 0 Å². The SMILES string of the molecule is CCC(C)CCCC(C)C(C)NC. The maximum absolute atomic E-state index is 3.32. The Morgan fingerprint density at radius 1 is 1.08 bits per heavy atom. The molecule has 0 rings (SSSR count). The Hall–Kier alpha value is -0.0400. The van der Waals surface area contributed by atoms with Crippen molar-refractivity contribution in [1.29, 1.82) is 0 Å². The molecule has 0 aromatic carbocycles. The van der Waals surface area contributed by atoms with Gasteiger partial charge in [0, 0.05) is 6.04 Å². The van der Waals surface area contributed by atoms with Gasteiger partial charge < -0.3 is 5.32 Å². The van der Waals surface area contributed by atoms with Gasteiger partial charge in [0.1, 0.15) is 0 Å². The molecule has 0 radical (unpaired) electrons. The minimum atomic E-state index is 0.664. The first-order chi connectivity index (χ1) is 6.11. The number of hydrogen-bond acceptors (Lipinski definition) is 1. The van der Waals surface area contributed by atoms with E-state index in [1.54, 1.807) is 0 Å². The molecule has 1 N–H and O–H groups in total. The van der Waals surface area contributed by atoms with Gasteiger partial charge in [-0.25, -0.2) is 0 Å². The van der Waals surface area contributed by atoms with E-state index in [0.717, 1.165) is 11.8 Å². The fraction of sp³-hybridized carbons (Fsp3) is 1.00. The van der Waals surface area contributed by atoms with Crippen molar-refractivity contribution in [2.75, 3.05) is 7.05 Å². The zero-order chi connectivity index (χ0) is 10.3. The minimum absolute atomic E-state index is 0.664. The van der Waals surface area contributed by atoms with Gasteiger partial charge in [-0.2, -0.15) is 0 Å². The molecule has 0 heterocycles. The lowest BCUT2D eigenvalue weighted by Gasteiger charge is -2.19. The van der Waals surface area contributed by atoms with Crippen LogP contribution in [0.1, 0.15) is 53.4 Å². The van der Waals surface area contributed by atoms with E-state index in [9.17, 15) is 0 Å². The number of hydrogen-bond donors (Lipinski definition) is 1. The smallest absolute Gasteiger partial charge is 0.00613 e. The maximum Gasteiger partial charge on any atom is 0.00613 e. The van der Waals surface area contributed by atoms with E-state index in [1.807, 2.05) is 0 Å². The van der Waals surface area contributed by atoms with Crippen molar-refractivity contribution in [2.24, 2.45) is 11.8 Å². The average Bonchev–Trinajstić information content (AvgIpc) is 2.15. The summed E-state index contributed by atoms with van der Waals surface area (Å²) < 4.78 is 0. The molecule has 80 valence electrons. The highest BCUT2D eigenvalue weighted by Gasteiger charge is 2.09. The topological polar surface area (TPSA) is 12.0 Å². The average molecular weight is 185 g/mol. The van der Waals surface area contributed by atoms with Crippen LogP contribution in [0.5, 0.6) is 0 Å². The van der Waals surface area contributed by atoms with E-state index < -0.39 is 0 Å². The lowest BCUT2D eigenvalue weighted by Crippen LogP contribution is -2.28. The second kappa shape index (κ2) is 7.37.